The van der Waals surface area contributed by atoms with Crippen LogP contribution < -0.4 is 10.1 Å². The van der Waals surface area contributed by atoms with Crippen LogP contribution in [0.3, 0.4) is 0 Å². The highest BCUT2D eigenvalue weighted by Gasteiger charge is 2.19. The number of aliphatic imine (C=N–C) groups is 1. The average Bonchev–Trinajstić information content (AvgIpc) is 2.61. The van der Waals surface area contributed by atoms with Gasteiger partial charge in [0.25, 0.3) is 0 Å². The molecule has 5 heteroatoms. The average molecular weight is 348 g/mol. The molecule has 5 nitrogen and oxygen atoms in total. The fourth-order valence-corrected chi connectivity index (χ4v) is 2.81. The molecule has 0 aromatic heterocycles. The third kappa shape index (κ3) is 6.94. The minimum atomic E-state index is -0.157. The third-order valence-corrected chi connectivity index (χ3v) is 4.27. The van der Waals surface area contributed by atoms with Gasteiger partial charge in [-0.1, -0.05) is 26.0 Å². The molecule has 1 aliphatic rings. The number of guanidine groups is 1. The van der Waals surface area contributed by atoms with Gasteiger partial charge >= 0.3 is 0 Å². The first-order valence-electron chi connectivity index (χ1n) is 9.51. The molecule has 0 aliphatic carbocycles. The lowest BCUT2D eigenvalue weighted by Gasteiger charge is -2.32. The molecule has 1 aliphatic heterocycles. The predicted octanol–water partition coefficient (Wildman–Crippen LogP) is 2.69. The highest BCUT2D eigenvalue weighted by Crippen LogP contribution is 2.14. The Hall–Kier alpha value is -1.75. The van der Waals surface area contributed by atoms with Crippen molar-refractivity contribution in [3.63, 3.8) is 0 Å². The lowest BCUT2D eigenvalue weighted by molar-refractivity contribution is 0.108. The van der Waals surface area contributed by atoms with Crippen LogP contribution in [0.25, 0.3) is 0 Å². The number of nitrogens with one attached hydrogen (secondary N) is 1. The number of ether oxygens (including phenoxy) is 1. The number of aliphatic hydroxyl groups is 1. The van der Waals surface area contributed by atoms with E-state index in [1.165, 1.54) is 5.56 Å². The van der Waals surface area contributed by atoms with Crippen molar-refractivity contribution in [2.45, 2.75) is 46.1 Å². The molecular formula is C20H33N3O2. The number of hydrogen-bond acceptors (Lipinski definition) is 3. The Morgan fingerprint density at radius 1 is 1.28 bits per heavy atom. The number of benzene rings is 1. The van der Waals surface area contributed by atoms with Crippen molar-refractivity contribution < 1.29 is 9.84 Å². The van der Waals surface area contributed by atoms with E-state index < -0.39 is 0 Å². The number of hydrogen-bond donors (Lipinski definition) is 2. The first-order chi connectivity index (χ1) is 12.1. The van der Waals surface area contributed by atoms with E-state index in [2.05, 4.69) is 43.1 Å². The minimum Gasteiger partial charge on any atom is -0.493 e. The molecule has 1 saturated heterocycles. The van der Waals surface area contributed by atoms with Crippen molar-refractivity contribution >= 4 is 5.96 Å². The Bertz CT molecular complexity index is 520. The Labute approximate surface area is 152 Å². The summed E-state index contributed by atoms with van der Waals surface area (Å²) in [7, 11) is 0. The maximum atomic E-state index is 9.66. The maximum absolute atomic E-state index is 9.66. The zero-order chi connectivity index (χ0) is 18.1. The molecule has 0 saturated carbocycles. The minimum absolute atomic E-state index is 0.157. The van der Waals surface area contributed by atoms with E-state index in [0.29, 0.717) is 5.92 Å². The Morgan fingerprint density at radius 3 is 2.56 bits per heavy atom. The van der Waals surface area contributed by atoms with Crippen molar-refractivity contribution in [3.05, 3.63) is 29.8 Å². The SMILES string of the molecule is CCNC(=NCCc1ccc(OCC(C)C)cc1)N1CCC(O)CC1. The molecule has 25 heavy (non-hydrogen) atoms. The van der Waals surface area contributed by atoms with Crippen molar-refractivity contribution in [1.82, 2.24) is 10.2 Å². The molecule has 1 aromatic carbocycles. The zero-order valence-electron chi connectivity index (χ0n) is 15.9. The summed E-state index contributed by atoms with van der Waals surface area (Å²) in [5, 5.41) is 13.0. The maximum Gasteiger partial charge on any atom is 0.193 e. The summed E-state index contributed by atoms with van der Waals surface area (Å²) in [5.41, 5.74) is 1.27. The van der Waals surface area contributed by atoms with Crippen LogP contribution in [0.5, 0.6) is 5.75 Å². The monoisotopic (exact) mass is 347 g/mol. The topological polar surface area (TPSA) is 57.1 Å². The zero-order valence-corrected chi connectivity index (χ0v) is 15.9. The summed E-state index contributed by atoms with van der Waals surface area (Å²) in [6, 6.07) is 8.32. The third-order valence-electron chi connectivity index (χ3n) is 4.27. The molecule has 0 unspecified atom stereocenters. The predicted molar refractivity (Wildman–Crippen MR) is 103 cm³/mol. The van der Waals surface area contributed by atoms with Crippen molar-refractivity contribution in [2.75, 3.05) is 32.8 Å². The molecule has 0 radical (unpaired) electrons. The molecule has 1 fully saturated rings. The van der Waals surface area contributed by atoms with E-state index in [1.807, 2.05) is 12.1 Å². The molecule has 0 spiro atoms. The molecule has 2 N–H and O–H groups in total. The second-order valence-corrected chi connectivity index (χ2v) is 7.05. The Kier molecular flexibility index (Phi) is 8.06. The van der Waals surface area contributed by atoms with Crippen LogP contribution >= 0.6 is 0 Å². The van der Waals surface area contributed by atoms with Crippen LogP contribution in [0.2, 0.25) is 0 Å². The number of rotatable bonds is 7. The van der Waals surface area contributed by atoms with E-state index in [0.717, 1.165) is 63.8 Å². The van der Waals surface area contributed by atoms with Gasteiger partial charge in [0, 0.05) is 26.2 Å². The highest BCUT2D eigenvalue weighted by atomic mass is 16.5. The number of nitrogens with zero attached hydrogens (tertiary/aromatic N) is 2. The molecule has 0 bridgehead atoms. The van der Waals surface area contributed by atoms with Gasteiger partial charge in [0.05, 0.1) is 12.7 Å². The summed E-state index contributed by atoms with van der Waals surface area (Å²) < 4.78 is 5.72. The van der Waals surface area contributed by atoms with Gasteiger partial charge < -0.3 is 20.1 Å². The van der Waals surface area contributed by atoms with Crippen LogP contribution in [-0.2, 0) is 6.42 Å². The van der Waals surface area contributed by atoms with Crippen molar-refractivity contribution in [1.29, 1.82) is 0 Å². The summed E-state index contributed by atoms with van der Waals surface area (Å²) in [6.07, 6.45) is 2.40. The van der Waals surface area contributed by atoms with Gasteiger partial charge in [-0.05, 0) is 49.8 Å². The first kappa shape index (κ1) is 19.6. The van der Waals surface area contributed by atoms with Gasteiger partial charge in [-0.2, -0.15) is 0 Å². The molecule has 1 aromatic rings. The van der Waals surface area contributed by atoms with Crippen molar-refractivity contribution in [2.24, 2.45) is 10.9 Å². The quantitative estimate of drug-likeness (QED) is 0.588. The van der Waals surface area contributed by atoms with E-state index in [1.54, 1.807) is 0 Å². The van der Waals surface area contributed by atoms with Crippen LogP contribution in [0.15, 0.2) is 29.3 Å². The second kappa shape index (κ2) is 10.3. The lowest BCUT2D eigenvalue weighted by atomic mass is 10.1. The Morgan fingerprint density at radius 2 is 1.96 bits per heavy atom. The normalized spacial score (nSPS) is 16.4. The van der Waals surface area contributed by atoms with E-state index in [9.17, 15) is 5.11 Å². The second-order valence-electron chi connectivity index (χ2n) is 7.05. The first-order valence-corrected chi connectivity index (χ1v) is 9.51. The molecule has 140 valence electrons. The summed E-state index contributed by atoms with van der Waals surface area (Å²) in [6.45, 7) is 10.5. The lowest BCUT2D eigenvalue weighted by Crippen LogP contribution is -2.46. The molecular weight excluding hydrogens is 314 g/mol. The van der Waals surface area contributed by atoms with E-state index >= 15 is 0 Å². The van der Waals surface area contributed by atoms with Crippen LogP contribution in [-0.4, -0.2) is 54.9 Å². The van der Waals surface area contributed by atoms with E-state index in [-0.39, 0.29) is 6.10 Å². The largest absolute Gasteiger partial charge is 0.493 e. The number of aliphatic hydroxyl groups excluding tert-OH is 1. The fraction of sp³-hybridized carbons (Fsp3) is 0.650. The van der Waals surface area contributed by atoms with Gasteiger partial charge in [-0.15, -0.1) is 0 Å². The summed E-state index contributed by atoms with van der Waals surface area (Å²) in [4.78, 5) is 7.01. The number of piperidine rings is 1. The highest BCUT2D eigenvalue weighted by molar-refractivity contribution is 5.80. The van der Waals surface area contributed by atoms with Crippen LogP contribution in [0.4, 0.5) is 0 Å². The Balaban J connectivity index is 1.84. The molecule has 1 heterocycles. The molecule has 0 atom stereocenters. The summed E-state index contributed by atoms with van der Waals surface area (Å²) >= 11 is 0. The van der Waals surface area contributed by atoms with Gasteiger partial charge in [0.2, 0.25) is 0 Å². The van der Waals surface area contributed by atoms with Crippen LogP contribution in [0, 0.1) is 5.92 Å². The van der Waals surface area contributed by atoms with Gasteiger partial charge in [0.1, 0.15) is 5.75 Å². The van der Waals surface area contributed by atoms with Crippen LogP contribution in [0.1, 0.15) is 39.2 Å². The van der Waals surface area contributed by atoms with E-state index in [4.69, 9.17) is 9.73 Å². The fourth-order valence-electron chi connectivity index (χ4n) is 2.81. The standard InChI is InChI=1S/C20H33N3O2/c1-4-21-20(23-13-10-18(24)11-14-23)22-12-9-17-5-7-19(8-6-17)25-15-16(2)3/h5-8,16,18,24H,4,9-15H2,1-3H3,(H,21,22). The van der Waals surface area contributed by atoms with Gasteiger partial charge in [0.15, 0.2) is 5.96 Å². The summed E-state index contributed by atoms with van der Waals surface area (Å²) in [5.74, 6) is 2.43. The molecule has 0 amide bonds. The van der Waals surface area contributed by atoms with Gasteiger partial charge in [-0.25, -0.2) is 0 Å². The van der Waals surface area contributed by atoms with Crippen molar-refractivity contribution in [3.8, 4) is 5.75 Å². The number of likely N-dealkylation sites (tertiary alicyclic amines) is 1. The van der Waals surface area contributed by atoms with Gasteiger partial charge in [-0.3, -0.25) is 4.99 Å². The molecule has 2 rings (SSSR count). The smallest absolute Gasteiger partial charge is 0.193 e.